The number of esters is 1. The Morgan fingerprint density at radius 1 is 1.33 bits per heavy atom. The smallest absolute Gasteiger partial charge is 0.304 e. The fourth-order valence-electron chi connectivity index (χ4n) is 2.30. The van der Waals surface area contributed by atoms with Crippen LogP contribution in [0.1, 0.15) is 31.7 Å². The molecule has 98 valence electrons. The highest BCUT2D eigenvalue weighted by molar-refractivity contribution is 5.66. The quantitative estimate of drug-likeness (QED) is 0.768. The molecule has 0 aromatic heterocycles. The van der Waals surface area contributed by atoms with Crippen molar-refractivity contribution in [1.82, 2.24) is 0 Å². The third kappa shape index (κ3) is 4.15. The molecule has 1 aromatic carbocycles. The van der Waals surface area contributed by atoms with Crippen LogP contribution in [0.5, 0.6) is 0 Å². The first kappa shape index (κ1) is 13.1. The average molecular weight is 248 g/mol. The number of rotatable bonds is 4. The lowest BCUT2D eigenvalue weighted by atomic mass is 9.94. The monoisotopic (exact) mass is 248 g/mol. The van der Waals surface area contributed by atoms with E-state index in [-0.39, 0.29) is 12.3 Å². The Kier molecular flexibility index (Phi) is 4.76. The molecule has 0 amide bonds. The second-order valence-corrected chi connectivity index (χ2v) is 4.84. The molecule has 0 spiro atoms. The summed E-state index contributed by atoms with van der Waals surface area (Å²) < 4.78 is 10.6. The van der Waals surface area contributed by atoms with E-state index in [0.717, 1.165) is 25.7 Å². The van der Waals surface area contributed by atoms with Gasteiger partial charge >= 0.3 is 5.97 Å². The topological polar surface area (TPSA) is 35.5 Å². The Balaban J connectivity index is 1.69. The maximum Gasteiger partial charge on any atom is 0.304 e. The van der Waals surface area contributed by atoms with Crippen molar-refractivity contribution >= 4 is 5.97 Å². The molecule has 3 heteroatoms. The minimum atomic E-state index is -0.324. The van der Waals surface area contributed by atoms with E-state index < -0.39 is 0 Å². The zero-order valence-electron chi connectivity index (χ0n) is 10.8. The average Bonchev–Trinajstić information content (AvgIpc) is 2.38. The minimum Gasteiger partial charge on any atom is -0.436 e. The molecule has 0 bridgehead atoms. The maximum absolute atomic E-state index is 10.8. The number of aryl methyl sites for hydroxylation is 1. The number of carbonyl (C=O) groups excluding carboxylic acids is 1. The summed E-state index contributed by atoms with van der Waals surface area (Å²) in [4.78, 5) is 10.8. The predicted molar refractivity (Wildman–Crippen MR) is 69.0 cm³/mol. The molecule has 1 aliphatic heterocycles. The van der Waals surface area contributed by atoms with Crippen LogP contribution in [0.4, 0.5) is 0 Å². The van der Waals surface area contributed by atoms with Gasteiger partial charge in [0.2, 0.25) is 6.29 Å². The van der Waals surface area contributed by atoms with E-state index in [1.54, 1.807) is 0 Å². The van der Waals surface area contributed by atoms with Gasteiger partial charge in [-0.15, -0.1) is 0 Å². The second kappa shape index (κ2) is 6.55. The van der Waals surface area contributed by atoms with E-state index in [9.17, 15) is 4.79 Å². The van der Waals surface area contributed by atoms with E-state index in [4.69, 9.17) is 9.47 Å². The SMILES string of the molecule is CC(=O)OC1CC[C@H](CCc2ccccc2)CO1. The molecule has 1 heterocycles. The summed E-state index contributed by atoms with van der Waals surface area (Å²) in [7, 11) is 0. The largest absolute Gasteiger partial charge is 0.436 e. The van der Waals surface area contributed by atoms with Crippen molar-refractivity contribution in [2.24, 2.45) is 5.92 Å². The molecule has 2 rings (SSSR count). The zero-order chi connectivity index (χ0) is 12.8. The van der Waals surface area contributed by atoms with Gasteiger partial charge in [-0.3, -0.25) is 4.79 Å². The number of hydrogen-bond donors (Lipinski definition) is 0. The van der Waals surface area contributed by atoms with E-state index in [2.05, 4.69) is 24.3 Å². The first-order valence-corrected chi connectivity index (χ1v) is 6.57. The van der Waals surface area contributed by atoms with Gasteiger partial charge < -0.3 is 9.47 Å². The molecule has 1 aromatic rings. The molecule has 0 saturated carbocycles. The summed E-state index contributed by atoms with van der Waals surface area (Å²) in [5, 5.41) is 0. The van der Waals surface area contributed by atoms with Gasteiger partial charge in [-0.05, 0) is 30.7 Å². The van der Waals surface area contributed by atoms with Gasteiger partial charge in [0, 0.05) is 13.3 Å². The van der Waals surface area contributed by atoms with Gasteiger partial charge in [0.05, 0.1) is 6.61 Å². The molecule has 1 aliphatic rings. The third-order valence-electron chi connectivity index (χ3n) is 3.31. The molecule has 1 fully saturated rings. The first-order chi connectivity index (χ1) is 8.74. The van der Waals surface area contributed by atoms with Crippen molar-refractivity contribution in [3.8, 4) is 0 Å². The molecule has 18 heavy (non-hydrogen) atoms. The lowest BCUT2D eigenvalue weighted by Crippen LogP contribution is -2.29. The van der Waals surface area contributed by atoms with Crippen LogP contribution in [0.15, 0.2) is 30.3 Å². The second-order valence-electron chi connectivity index (χ2n) is 4.84. The summed E-state index contributed by atoms with van der Waals surface area (Å²) in [6, 6.07) is 10.5. The van der Waals surface area contributed by atoms with Gasteiger partial charge in [-0.1, -0.05) is 30.3 Å². The van der Waals surface area contributed by atoms with Crippen LogP contribution in [0.25, 0.3) is 0 Å². The normalized spacial score (nSPS) is 23.6. The van der Waals surface area contributed by atoms with Crippen molar-refractivity contribution < 1.29 is 14.3 Å². The summed E-state index contributed by atoms with van der Waals surface area (Å²) in [6.07, 6.45) is 3.80. The van der Waals surface area contributed by atoms with E-state index in [0.29, 0.717) is 12.5 Å². The number of benzene rings is 1. The molecule has 1 saturated heterocycles. The Hall–Kier alpha value is -1.35. The van der Waals surface area contributed by atoms with Gasteiger partial charge in [-0.2, -0.15) is 0 Å². The fourth-order valence-corrected chi connectivity index (χ4v) is 2.30. The van der Waals surface area contributed by atoms with E-state index >= 15 is 0 Å². The number of carbonyl (C=O) groups is 1. The fraction of sp³-hybridized carbons (Fsp3) is 0.533. The van der Waals surface area contributed by atoms with Gasteiger partial charge in [0.25, 0.3) is 0 Å². The van der Waals surface area contributed by atoms with Crippen LogP contribution >= 0.6 is 0 Å². The lowest BCUT2D eigenvalue weighted by Gasteiger charge is -2.28. The van der Waals surface area contributed by atoms with Crippen LogP contribution in [0.2, 0.25) is 0 Å². The van der Waals surface area contributed by atoms with Crippen molar-refractivity contribution in [3.63, 3.8) is 0 Å². The molecule has 3 nitrogen and oxygen atoms in total. The van der Waals surface area contributed by atoms with Crippen LogP contribution < -0.4 is 0 Å². The molecule has 0 N–H and O–H groups in total. The van der Waals surface area contributed by atoms with Crippen LogP contribution in [0, 0.1) is 5.92 Å². The van der Waals surface area contributed by atoms with Crippen molar-refractivity contribution in [3.05, 3.63) is 35.9 Å². The molecule has 2 atom stereocenters. The molecule has 0 radical (unpaired) electrons. The van der Waals surface area contributed by atoms with Gasteiger partial charge in [0.15, 0.2) is 0 Å². The summed E-state index contributed by atoms with van der Waals surface area (Å²) >= 11 is 0. The molecular weight excluding hydrogens is 228 g/mol. The van der Waals surface area contributed by atoms with E-state index in [1.165, 1.54) is 12.5 Å². The zero-order valence-corrected chi connectivity index (χ0v) is 10.8. The Bertz CT molecular complexity index is 367. The van der Waals surface area contributed by atoms with Gasteiger partial charge in [0.1, 0.15) is 0 Å². The Morgan fingerprint density at radius 3 is 2.72 bits per heavy atom. The van der Waals surface area contributed by atoms with Crippen molar-refractivity contribution in [2.45, 2.75) is 38.9 Å². The Morgan fingerprint density at radius 2 is 2.11 bits per heavy atom. The highest BCUT2D eigenvalue weighted by Crippen LogP contribution is 2.23. The summed E-state index contributed by atoms with van der Waals surface area (Å²) in [6.45, 7) is 2.12. The van der Waals surface area contributed by atoms with Crippen LogP contribution in [0.3, 0.4) is 0 Å². The predicted octanol–water partition coefficient (Wildman–Crippen LogP) is 2.94. The van der Waals surface area contributed by atoms with Crippen molar-refractivity contribution in [1.29, 1.82) is 0 Å². The Labute approximate surface area is 108 Å². The van der Waals surface area contributed by atoms with Crippen LogP contribution in [-0.2, 0) is 20.7 Å². The highest BCUT2D eigenvalue weighted by Gasteiger charge is 2.23. The minimum absolute atomic E-state index is 0.261. The van der Waals surface area contributed by atoms with E-state index in [1.807, 2.05) is 6.07 Å². The van der Waals surface area contributed by atoms with Crippen LogP contribution in [-0.4, -0.2) is 18.9 Å². The summed E-state index contributed by atoms with van der Waals surface area (Å²) in [5.74, 6) is 0.319. The molecular formula is C15H20O3. The summed E-state index contributed by atoms with van der Waals surface area (Å²) in [5.41, 5.74) is 1.37. The lowest BCUT2D eigenvalue weighted by molar-refractivity contribution is -0.190. The molecule has 1 unspecified atom stereocenters. The highest BCUT2D eigenvalue weighted by atomic mass is 16.7. The maximum atomic E-state index is 10.8. The third-order valence-corrected chi connectivity index (χ3v) is 3.31. The molecule has 0 aliphatic carbocycles. The first-order valence-electron chi connectivity index (χ1n) is 6.57. The standard InChI is InChI=1S/C15H20O3/c1-12(16)18-15-10-9-14(11-17-15)8-7-13-5-3-2-4-6-13/h2-6,14-15H,7-11H2,1H3/t14-,15?/m0/s1. The number of hydrogen-bond acceptors (Lipinski definition) is 3. The van der Waals surface area contributed by atoms with Gasteiger partial charge in [-0.25, -0.2) is 0 Å². The van der Waals surface area contributed by atoms with Crippen molar-refractivity contribution in [2.75, 3.05) is 6.61 Å². The number of ether oxygens (including phenoxy) is 2.